The number of ether oxygens (including phenoxy) is 2. The third kappa shape index (κ3) is 7.89. The summed E-state index contributed by atoms with van der Waals surface area (Å²) in [7, 11) is 1.81. The summed E-state index contributed by atoms with van der Waals surface area (Å²) in [6, 6.07) is 16.9. The average Bonchev–Trinajstić information content (AvgIpc) is 2.78. The van der Waals surface area contributed by atoms with Crippen LogP contribution in [-0.4, -0.2) is 56.9 Å². The van der Waals surface area contributed by atoms with E-state index in [9.17, 15) is 0 Å². The lowest BCUT2D eigenvalue weighted by atomic mass is 10.1. The van der Waals surface area contributed by atoms with E-state index >= 15 is 0 Å². The summed E-state index contributed by atoms with van der Waals surface area (Å²) in [5.74, 6) is 1.74. The van der Waals surface area contributed by atoms with Gasteiger partial charge in [-0.15, -0.1) is 0 Å². The second kappa shape index (κ2) is 12.3. The average molecular weight is 425 g/mol. The SMILES string of the molecule is CN=C(NCCc1ccc(OC(C)C)cc1)NCc1ccccc1CN1CCOCC1. The first kappa shape index (κ1) is 23.1. The van der Waals surface area contributed by atoms with Gasteiger partial charge in [-0.2, -0.15) is 0 Å². The molecule has 2 aromatic carbocycles. The van der Waals surface area contributed by atoms with E-state index in [-0.39, 0.29) is 6.10 Å². The fourth-order valence-corrected chi connectivity index (χ4v) is 3.62. The third-order valence-corrected chi connectivity index (χ3v) is 5.29. The van der Waals surface area contributed by atoms with Crippen molar-refractivity contribution in [3.8, 4) is 5.75 Å². The highest BCUT2D eigenvalue weighted by atomic mass is 16.5. The standard InChI is InChI=1S/C25H36N4O2/c1-20(2)31-24-10-8-21(9-11-24)12-13-27-25(26-3)28-18-22-6-4-5-7-23(22)19-29-14-16-30-17-15-29/h4-11,20H,12-19H2,1-3H3,(H2,26,27,28). The fourth-order valence-electron chi connectivity index (χ4n) is 3.62. The molecule has 0 amide bonds. The Labute approximate surface area is 186 Å². The Morgan fingerprint density at radius 3 is 2.42 bits per heavy atom. The zero-order valence-electron chi connectivity index (χ0n) is 19.1. The quantitative estimate of drug-likeness (QED) is 0.478. The summed E-state index contributed by atoms with van der Waals surface area (Å²) < 4.78 is 11.2. The summed E-state index contributed by atoms with van der Waals surface area (Å²) >= 11 is 0. The molecular weight excluding hydrogens is 388 g/mol. The largest absolute Gasteiger partial charge is 0.491 e. The predicted octanol–water partition coefficient (Wildman–Crippen LogP) is 3.21. The Morgan fingerprint density at radius 1 is 1.03 bits per heavy atom. The van der Waals surface area contributed by atoms with Gasteiger partial charge in [0, 0.05) is 39.8 Å². The zero-order valence-corrected chi connectivity index (χ0v) is 19.1. The van der Waals surface area contributed by atoms with Gasteiger partial charge in [0.15, 0.2) is 5.96 Å². The van der Waals surface area contributed by atoms with Crippen LogP contribution >= 0.6 is 0 Å². The highest BCUT2D eigenvalue weighted by molar-refractivity contribution is 5.79. The van der Waals surface area contributed by atoms with E-state index in [1.807, 2.05) is 33.0 Å². The molecule has 3 rings (SSSR count). The molecule has 0 atom stereocenters. The first-order valence-electron chi connectivity index (χ1n) is 11.2. The molecule has 0 unspecified atom stereocenters. The van der Waals surface area contributed by atoms with Crippen molar-refractivity contribution in [3.05, 3.63) is 65.2 Å². The van der Waals surface area contributed by atoms with Crippen LogP contribution in [0.2, 0.25) is 0 Å². The zero-order chi connectivity index (χ0) is 21.9. The predicted molar refractivity (Wildman–Crippen MR) is 127 cm³/mol. The van der Waals surface area contributed by atoms with Crippen LogP contribution in [-0.2, 0) is 24.2 Å². The smallest absolute Gasteiger partial charge is 0.191 e. The van der Waals surface area contributed by atoms with Crippen molar-refractivity contribution in [2.24, 2.45) is 4.99 Å². The minimum atomic E-state index is 0.195. The van der Waals surface area contributed by atoms with Crippen molar-refractivity contribution in [1.82, 2.24) is 15.5 Å². The van der Waals surface area contributed by atoms with Gasteiger partial charge in [-0.1, -0.05) is 36.4 Å². The maximum Gasteiger partial charge on any atom is 0.191 e. The van der Waals surface area contributed by atoms with Crippen molar-refractivity contribution < 1.29 is 9.47 Å². The maximum atomic E-state index is 5.71. The minimum absolute atomic E-state index is 0.195. The first-order chi connectivity index (χ1) is 15.1. The van der Waals surface area contributed by atoms with Gasteiger partial charge in [-0.25, -0.2) is 0 Å². The molecular formula is C25H36N4O2. The van der Waals surface area contributed by atoms with Crippen LogP contribution in [0.15, 0.2) is 53.5 Å². The van der Waals surface area contributed by atoms with E-state index in [2.05, 4.69) is 56.9 Å². The summed E-state index contributed by atoms with van der Waals surface area (Å²) in [6.45, 7) is 10.2. The first-order valence-corrected chi connectivity index (χ1v) is 11.2. The molecule has 6 heteroatoms. The number of rotatable bonds is 9. The van der Waals surface area contributed by atoms with E-state index in [4.69, 9.17) is 9.47 Å². The summed E-state index contributed by atoms with van der Waals surface area (Å²) in [4.78, 5) is 6.83. The third-order valence-electron chi connectivity index (χ3n) is 5.29. The van der Waals surface area contributed by atoms with Gasteiger partial charge >= 0.3 is 0 Å². The second-order valence-electron chi connectivity index (χ2n) is 8.07. The monoisotopic (exact) mass is 424 g/mol. The molecule has 1 fully saturated rings. The fraction of sp³-hybridized carbons (Fsp3) is 0.480. The van der Waals surface area contributed by atoms with Gasteiger partial charge in [0.05, 0.1) is 19.3 Å². The van der Waals surface area contributed by atoms with Crippen molar-refractivity contribution >= 4 is 5.96 Å². The van der Waals surface area contributed by atoms with Crippen LogP contribution in [0.3, 0.4) is 0 Å². The molecule has 2 N–H and O–H groups in total. The lowest BCUT2D eigenvalue weighted by Crippen LogP contribution is -2.38. The Hall–Kier alpha value is -2.57. The number of nitrogens with one attached hydrogen (secondary N) is 2. The number of hydrogen-bond donors (Lipinski definition) is 2. The molecule has 1 aliphatic heterocycles. The summed E-state index contributed by atoms with van der Waals surface area (Å²) in [5.41, 5.74) is 3.93. The lowest BCUT2D eigenvalue weighted by Gasteiger charge is -2.27. The molecule has 1 aliphatic rings. The highest BCUT2D eigenvalue weighted by Gasteiger charge is 2.12. The molecule has 0 bridgehead atoms. The van der Waals surface area contributed by atoms with E-state index in [1.165, 1.54) is 16.7 Å². The van der Waals surface area contributed by atoms with E-state index in [0.29, 0.717) is 0 Å². The molecule has 6 nitrogen and oxygen atoms in total. The van der Waals surface area contributed by atoms with Gasteiger partial charge in [0.2, 0.25) is 0 Å². The molecule has 2 aromatic rings. The van der Waals surface area contributed by atoms with Crippen molar-refractivity contribution in [2.45, 2.75) is 39.5 Å². The van der Waals surface area contributed by atoms with Crippen LogP contribution in [0.4, 0.5) is 0 Å². The normalized spacial score (nSPS) is 15.2. The molecule has 0 saturated carbocycles. The molecule has 0 aliphatic carbocycles. The van der Waals surface area contributed by atoms with Gasteiger partial charge in [-0.05, 0) is 49.1 Å². The van der Waals surface area contributed by atoms with Crippen molar-refractivity contribution in [2.75, 3.05) is 39.9 Å². The molecule has 0 radical (unpaired) electrons. The van der Waals surface area contributed by atoms with E-state index < -0.39 is 0 Å². The summed E-state index contributed by atoms with van der Waals surface area (Å²) in [5, 5.41) is 6.87. The Morgan fingerprint density at radius 2 is 1.74 bits per heavy atom. The number of aliphatic imine (C=N–C) groups is 1. The van der Waals surface area contributed by atoms with Gasteiger partial charge in [0.1, 0.15) is 5.75 Å². The Balaban J connectivity index is 1.45. The van der Waals surface area contributed by atoms with Gasteiger partial charge in [0.25, 0.3) is 0 Å². The number of nitrogens with zero attached hydrogens (tertiary/aromatic N) is 2. The Bertz CT molecular complexity index is 815. The topological polar surface area (TPSA) is 58.1 Å². The molecule has 1 saturated heterocycles. The van der Waals surface area contributed by atoms with Gasteiger partial charge < -0.3 is 20.1 Å². The van der Waals surface area contributed by atoms with E-state index in [0.717, 1.165) is 64.1 Å². The number of guanidine groups is 1. The van der Waals surface area contributed by atoms with Crippen LogP contribution in [0.25, 0.3) is 0 Å². The number of morpholine rings is 1. The van der Waals surface area contributed by atoms with Gasteiger partial charge in [-0.3, -0.25) is 9.89 Å². The molecule has 0 aromatic heterocycles. The molecule has 0 spiro atoms. The molecule has 1 heterocycles. The molecule has 168 valence electrons. The Kier molecular flexibility index (Phi) is 9.18. The van der Waals surface area contributed by atoms with E-state index in [1.54, 1.807) is 0 Å². The maximum absolute atomic E-state index is 5.71. The minimum Gasteiger partial charge on any atom is -0.491 e. The number of benzene rings is 2. The van der Waals surface area contributed by atoms with Crippen molar-refractivity contribution in [1.29, 1.82) is 0 Å². The van der Waals surface area contributed by atoms with Crippen LogP contribution in [0.1, 0.15) is 30.5 Å². The second-order valence-corrected chi connectivity index (χ2v) is 8.07. The van der Waals surface area contributed by atoms with Crippen molar-refractivity contribution in [3.63, 3.8) is 0 Å². The summed E-state index contributed by atoms with van der Waals surface area (Å²) in [6.07, 6.45) is 1.12. The number of hydrogen-bond acceptors (Lipinski definition) is 4. The molecule has 31 heavy (non-hydrogen) atoms. The lowest BCUT2D eigenvalue weighted by molar-refractivity contribution is 0.0341. The van der Waals surface area contributed by atoms with Crippen LogP contribution < -0.4 is 15.4 Å². The highest BCUT2D eigenvalue weighted by Crippen LogP contribution is 2.14. The van der Waals surface area contributed by atoms with Crippen LogP contribution in [0.5, 0.6) is 5.75 Å². The van der Waals surface area contributed by atoms with Crippen LogP contribution in [0, 0.1) is 0 Å².